The molecule has 0 bridgehead atoms. The first kappa shape index (κ1) is 10.6. The minimum absolute atomic E-state index is 0.0638. The van der Waals surface area contributed by atoms with E-state index in [1.54, 1.807) is 6.92 Å². The van der Waals surface area contributed by atoms with E-state index in [-0.39, 0.29) is 11.3 Å². The third kappa shape index (κ3) is 1.90. The van der Waals surface area contributed by atoms with Gasteiger partial charge in [0.25, 0.3) is 5.69 Å². The highest BCUT2D eigenvalue weighted by molar-refractivity contribution is 9.10. The van der Waals surface area contributed by atoms with Crippen molar-refractivity contribution in [2.24, 2.45) is 0 Å². The van der Waals surface area contributed by atoms with E-state index < -0.39 is 10.9 Å². The summed E-state index contributed by atoms with van der Waals surface area (Å²) < 4.78 is 0.420. The molecule has 1 N–H and O–H groups in total. The molecule has 0 aromatic heterocycles. The Morgan fingerprint density at radius 1 is 1.57 bits per heavy atom. The smallest absolute Gasteiger partial charge is 0.336 e. The molecule has 74 valence electrons. The molecule has 0 saturated heterocycles. The summed E-state index contributed by atoms with van der Waals surface area (Å²) in [5.41, 5.74) is 0.175. The monoisotopic (exact) mass is 259 g/mol. The van der Waals surface area contributed by atoms with Crippen LogP contribution in [-0.2, 0) is 0 Å². The van der Waals surface area contributed by atoms with Crippen LogP contribution in [0.5, 0.6) is 0 Å². The number of benzene rings is 1. The van der Waals surface area contributed by atoms with Crippen molar-refractivity contribution in [1.29, 1.82) is 0 Å². The highest BCUT2D eigenvalue weighted by Gasteiger charge is 2.16. The van der Waals surface area contributed by atoms with E-state index in [1.807, 2.05) is 0 Å². The zero-order valence-electron chi connectivity index (χ0n) is 7.15. The number of nitrogens with zero attached hydrogens (tertiary/aromatic N) is 1. The van der Waals surface area contributed by atoms with Crippen LogP contribution in [0.1, 0.15) is 15.9 Å². The van der Waals surface area contributed by atoms with Gasteiger partial charge in [-0.1, -0.05) is 15.9 Å². The van der Waals surface area contributed by atoms with Crippen LogP contribution in [0.3, 0.4) is 0 Å². The largest absolute Gasteiger partial charge is 0.478 e. The van der Waals surface area contributed by atoms with Gasteiger partial charge in [-0.2, -0.15) is 0 Å². The number of nitro groups is 1. The van der Waals surface area contributed by atoms with Gasteiger partial charge in [-0.15, -0.1) is 0 Å². The molecule has 1 rings (SSSR count). The molecule has 0 aliphatic heterocycles. The second kappa shape index (κ2) is 3.75. The minimum Gasteiger partial charge on any atom is -0.478 e. The van der Waals surface area contributed by atoms with Gasteiger partial charge >= 0.3 is 5.97 Å². The topological polar surface area (TPSA) is 80.4 Å². The number of halogens is 1. The van der Waals surface area contributed by atoms with E-state index in [0.29, 0.717) is 10.0 Å². The molecule has 0 atom stereocenters. The summed E-state index contributed by atoms with van der Waals surface area (Å²) in [4.78, 5) is 20.5. The van der Waals surface area contributed by atoms with Gasteiger partial charge in [0.2, 0.25) is 0 Å². The Morgan fingerprint density at radius 2 is 2.14 bits per heavy atom. The van der Waals surface area contributed by atoms with Crippen LogP contribution in [-0.4, -0.2) is 16.0 Å². The van der Waals surface area contributed by atoms with Crippen LogP contribution in [0.2, 0.25) is 0 Å². The summed E-state index contributed by atoms with van der Waals surface area (Å²) in [5.74, 6) is -1.17. The number of carboxylic acid groups (broad SMARTS) is 1. The Morgan fingerprint density at radius 3 is 2.57 bits per heavy atom. The number of carboxylic acids is 1. The third-order valence-electron chi connectivity index (χ3n) is 1.77. The van der Waals surface area contributed by atoms with Gasteiger partial charge < -0.3 is 5.11 Å². The third-order valence-corrected chi connectivity index (χ3v) is 2.59. The Kier molecular flexibility index (Phi) is 2.85. The molecule has 0 heterocycles. The molecule has 14 heavy (non-hydrogen) atoms. The first-order valence-corrected chi connectivity index (χ1v) is 4.40. The Hall–Kier alpha value is -1.43. The molecular weight excluding hydrogens is 254 g/mol. The fraction of sp³-hybridized carbons (Fsp3) is 0.125. The summed E-state index contributed by atoms with van der Waals surface area (Å²) in [6.07, 6.45) is 0. The van der Waals surface area contributed by atoms with E-state index >= 15 is 0 Å². The number of carbonyl (C=O) groups is 1. The fourth-order valence-corrected chi connectivity index (χ4v) is 1.44. The van der Waals surface area contributed by atoms with Gasteiger partial charge in [0.15, 0.2) is 0 Å². The van der Waals surface area contributed by atoms with E-state index in [4.69, 9.17) is 5.11 Å². The van der Waals surface area contributed by atoms with Crippen molar-refractivity contribution in [3.63, 3.8) is 0 Å². The molecule has 0 saturated carbocycles. The van der Waals surface area contributed by atoms with Crippen LogP contribution in [0.15, 0.2) is 16.6 Å². The predicted octanol–water partition coefficient (Wildman–Crippen LogP) is 2.36. The second-order valence-electron chi connectivity index (χ2n) is 2.66. The number of hydrogen-bond donors (Lipinski definition) is 1. The zero-order valence-corrected chi connectivity index (χ0v) is 8.74. The minimum atomic E-state index is -1.17. The lowest BCUT2D eigenvalue weighted by atomic mass is 10.1. The molecule has 0 aliphatic carbocycles. The lowest BCUT2D eigenvalue weighted by Crippen LogP contribution is -2.02. The average Bonchev–Trinajstić information content (AvgIpc) is 2.08. The van der Waals surface area contributed by atoms with Crippen molar-refractivity contribution in [3.8, 4) is 0 Å². The first-order valence-electron chi connectivity index (χ1n) is 3.61. The lowest BCUT2D eigenvalue weighted by molar-refractivity contribution is -0.385. The van der Waals surface area contributed by atoms with Crippen molar-refractivity contribution in [2.45, 2.75) is 6.92 Å². The molecule has 0 amide bonds. The molecule has 0 aliphatic rings. The number of hydrogen-bond acceptors (Lipinski definition) is 3. The van der Waals surface area contributed by atoms with Gasteiger partial charge in [0.1, 0.15) is 0 Å². The second-order valence-corrected chi connectivity index (χ2v) is 3.52. The number of aromatic carboxylic acids is 1. The van der Waals surface area contributed by atoms with Crippen LogP contribution >= 0.6 is 15.9 Å². The molecule has 1 aromatic carbocycles. The summed E-state index contributed by atoms with van der Waals surface area (Å²) in [6.45, 7) is 1.58. The van der Waals surface area contributed by atoms with Gasteiger partial charge in [-0.05, 0) is 12.5 Å². The Labute approximate surface area is 87.6 Å². The molecule has 0 fully saturated rings. The zero-order chi connectivity index (χ0) is 10.9. The first-order chi connectivity index (χ1) is 6.43. The maximum Gasteiger partial charge on any atom is 0.336 e. The standard InChI is InChI=1S/C8H6BrNO4/c1-4-6(8(11)12)2-5(10(13)14)3-7(4)9/h2-3H,1H3,(H,11,12). The van der Waals surface area contributed by atoms with Gasteiger partial charge in [0.05, 0.1) is 10.5 Å². The molecule has 0 unspecified atom stereocenters. The average molecular weight is 260 g/mol. The van der Waals surface area contributed by atoms with Gasteiger partial charge in [-0.25, -0.2) is 4.79 Å². The van der Waals surface area contributed by atoms with Crippen LogP contribution in [0.25, 0.3) is 0 Å². The molecule has 0 radical (unpaired) electrons. The van der Waals surface area contributed by atoms with Crippen molar-refractivity contribution >= 4 is 27.6 Å². The van der Waals surface area contributed by atoms with Crippen LogP contribution in [0, 0.1) is 17.0 Å². The number of nitro benzene ring substituents is 1. The molecular formula is C8H6BrNO4. The quantitative estimate of drug-likeness (QED) is 0.653. The number of rotatable bonds is 2. The molecule has 6 heteroatoms. The van der Waals surface area contributed by atoms with E-state index in [2.05, 4.69) is 15.9 Å². The fourth-order valence-electron chi connectivity index (χ4n) is 0.992. The summed E-state index contributed by atoms with van der Waals surface area (Å²) >= 11 is 3.07. The van der Waals surface area contributed by atoms with Crippen molar-refractivity contribution in [3.05, 3.63) is 37.8 Å². The Balaban J connectivity index is 3.43. The SMILES string of the molecule is Cc1c(Br)cc([N+](=O)[O-])cc1C(=O)O. The van der Waals surface area contributed by atoms with Gasteiger partial charge in [-0.3, -0.25) is 10.1 Å². The maximum absolute atomic E-state index is 10.7. The molecule has 5 nitrogen and oxygen atoms in total. The highest BCUT2D eigenvalue weighted by atomic mass is 79.9. The highest BCUT2D eigenvalue weighted by Crippen LogP contribution is 2.26. The van der Waals surface area contributed by atoms with Crippen molar-refractivity contribution in [1.82, 2.24) is 0 Å². The number of non-ortho nitro benzene ring substituents is 1. The maximum atomic E-state index is 10.7. The van der Waals surface area contributed by atoms with E-state index in [0.717, 1.165) is 6.07 Å². The molecule has 1 aromatic rings. The lowest BCUT2D eigenvalue weighted by Gasteiger charge is -2.02. The van der Waals surface area contributed by atoms with Crippen molar-refractivity contribution < 1.29 is 14.8 Å². The predicted molar refractivity (Wildman–Crippen MR) is 52.5 cm³/mol. The summed E-state index contributed by atoms with van der Waals surface area (Å²) in [6, 6.07) is 2.32. The van der Waals surface area contributed by atoms with E-state index in [9.17, 15) is 14.9 Å². The molecule has 0 spiro atoms. The normalized spacial score (nSPS) is 9.86. The van der Waals surface area contributed by atoms with Crippen LogP contribution < -0.4 is 0 Å². The van der Waals surface area contributed by atoms with E-state index in [1.165, 1.54) is 6.07 Å². The summed E-state index contributed by atoms with van der Waals surface area (Å²) in [5, 5.41) is 19.2. The van der Waals surface area contributed by atoms with Gasteiger partial charge in [0, 0.05) is 16.6 Å². The Bertz CT molecular complexity index is 416. The van der Waals surface area contributed by atoms with Crippen molar-refractivity contribution in [2.75, 3.05) is 0 Å². The van der Waals surface area contributed by atoms with Crippen LogP contribution in [0.4, 0.5) is 5.69 Å². The summed E-state index contributed by atoms with van der Waals surface area (Å²) in [7, 11) is 0.